The Morgan fingerprint density at radius 1 is 1.30 bits per heavy atom. The van der Waals surface area contributed by atoms with Gasteiger partial charge in [-0.05, 0) is 49.9 Å². The normalized spacial score (nSPS) is 27.4. The predicted octanol–water partition coefficient (Wildman–Crippen LogP) is 2.64. The zero-order valence-electron chi connectivity index (χ0n) is 14.6. The van der Waals surface area contributed by atoms with Gasteiger partial charge in [0, 0.05) is 25.2 Å². The monoisotopic (exact) mass is 318 g/mol. The number of ether oxygens (including phenoxy) is 2. The minimum absolute atomic E-state index is 0.329. The number of hydrogen-bond donors (Lipinski definition) is 1. The van der Waals surface area contributed by atoms with Crippen molar-refractivity contribution in [3.63, 3.8) is 0 Å². The van der Waals surface area contributed by atoms with E-state index in [9.17, 15) is 0 Å². The largest absolute Gasteiger partial charge is 0.497 e. The molecule has 23 heavy (non-hydrogen) atoms. The molecule has 3 rings (SSSR count). The van der Waals surface area contributed by atoms with Crippen LogP contribution in [0.5, 0.6) is 5.75 Å². The third-order valence-electron chi connectivity index (χ3n) is 5.52. The van der Waals surface area contributed by atoms with Crippen molar-refractivity contribution in [3.05, 3.63) is 29.8 Å². The molecule has 0 unspecified atom stereocenters. The standard InChI is InChI=1S/C19H30N2O2/c1-14(16-6-8-18(22-3)9-7-16)15(2)20-11-19-12-21-10-4-5-17(21)13-23-19/h6-9,14-15,17,19-20H,4-5,10-13H2,1-3H3/t14-,15+,17+,19+/m1/s1. The molecule has 0 bridgehead atoms. The van der Waals surface area contributed by atoms with E-state index in [2.05, 4.69) is 36.2 Å². The lowest BCUT2D eigenvalue weighted by Gasteiger charge is -2.36. The van der Waals surface area contributed by atoms with E-state index in [0.717, 1.165) is 25.4 Å². The van der Waals surface area contributed by atoms with Gasteiger partial charge in [-0.2, -0.15) is 0 Å². The van der Waals surface area contributed by atoms with Gasteiger partial charge in [0.25, 0.3) is 0 Å². The molecular weight excluding hydrogens is 288 g/mol. The van der Waals surface area contributed by atoms with Crippen LogP contribution >= 0.6 is 0 Å². The Balaban J connectivity index is 1.47. The molecule has 2 aliphatic heterocycles. The number of benzene rings is 1. The highest BCUT2D eigenvalue weighted by molar-refractivity contribution is 5.29. The Hall–Kier alpha value is -1.10. The molecule has 4 nitrogen and oxygen atoms in total. The summed E-state index contributed by atoms with van der Waals surface area (Å²) in [5.41, 5.74) is 1.34. The number of methoxy groups -OCH3 is 1. The van der Waals surface area contributed by atoms with Crippen LogP contribution in [0.25, 0.3) is 0 Å². The van der Waals surface area contributed by atoms with Gasteiger partial charge < -0.3 is 14.8 Å². The van der Waals surface area contributed by atoms with Crippen LogP contribution in [-0.4, -0.2) is 56.4 Å². The van der Waals surface area contributed by atoms with Crippen molar-refractivity contribution in [1.29, 1.82) is 0 Å². The first-order valence-electron chi connectivity index (χ1n) is 8.90. The molecule has 4 heteroatoms. The number of nitrogens with one attached hydrogen (secondary N) is 1. The molecule has 2 aliphatic rings. The lowest BCUT2D eigenvalue weighted by Crippen LogP contribution is -2.50. The van der Waals surface area contributed by atoms with Gasteiger partial charge in [0.05, 0.1) is 19.8 Å². The van der Waals surface area contributed by atoms with Crippen molar-refractivity contribution in [2.45, 2.75) is 50.8 Å². The zero-order chi connectivity index (χ0) is 16.2. The van der Waals surface area contributed by atoms with Crippen molar-refractivity contribution in [2.24, 2.45) is 0 Å². The summed E-state index contributed by atoms with van der Waals surface area (Å²) in [4.78, 5) is 2.60. The van der Waals surface area contributed by atoms with Gasteiger partial charge in [-0.25, -0.2) is 0 Å². The fourth-order valence-electron chi connectivity index (χ4n) is 3.70. The summed E-state index contributed by atoms with van der Waals surface area (Å²) < 4.78 is 11.3. The third-order valence-corrected chi connectivity index (χ3v) is 5.52. The van der Waals surface area contributed by atoms with E-state index in [1.165, 1.54) is 24.9 Å². The number of nitrogens with zero attached hydrogens (tertiary/aromatic N) is 1. The molecule has 4 atom stereocenters. The minimum Gasteiger partial charge on any atom is -0.497 e. The van der Waals surface area contributed by atoms with Crippen LogP contribution < -0.4 is 10.1 Å². The van der Waals surface area contributed by atoms with E-state index in [-0.39, 0.29) is 0 Å². The molecule has 0 saturated carbocycles. The lowest BCUT2D eigenvalue weighted by atomic mass is 9.94. The first-order chi connectivity index (χ1) is 11.2. The molecule has 0 aromatic heterocycles. The van der Waals surface area contributed by atoms with Crippen LogP contribution in [0.3, 0.4) is 0 Å². The van der Waals surface area contributed by atoms with Crippen molar-refractivity contribution in [1.82, 2.24) is 10.2 Å². The molecule has 0 amide bonds. The average molecular weight is 318 g/mol. The summed E-state index contributed by atoms with van der Waals surface area (Å²) in [5.74, 6) is 1.38. The lowest BCUT2D eigenvalue weighted by molar-refractivity contribution is -0.0478. The number of morpholine rings is 1. The van der Waals surface area contributed by atoms with E-state index in [0.29, 0.717) is 24.1 Å². The van der Waals surface area contributed by atoms with E-state index in [4.69, 9.17) is 9.47 Å². The summed E-state index contributed by atoms with van der Waals surface area (Å²) in [7, 11) is 1.71. The fraction of sp³-hybridized carbons (Fsp3) is 0.684. The van der Waals surface area contributed by atoms with Crippen LogP contribution in [0.1, 0.15) is 38.2 Å². The topological polar surface area (TPSA) is 33.7 Å². The van der Waals surface area contributed by atoms with E-state index in [1.54, 1.807) is 7.11 Å². The summed E-state index contributed by atoms with van der Waals surface area (Å²) in [5, 5.41) is 3.68. The van der Waals surface area contributed by atoms with E-state index >= 15 is 0 Å². The Bertz CT molecular complexity index is 491. The molecular formula is C19H30N2O2. The molecule has 0 radical (unpaired) electrons. The summed E-state index contributed by atoms with van der Waals surface area (Å²) in [6.45, 7) is 8.72. The average Bonchev–Trinajstić information content (AvgIpc) is 3.06. The van der Waals surface area contributed by atoms with Crippen molar-refractivity contribution < 1.29 is 9.47 Å². The molecule has 1 N–H and O–H groups in total. The number of hydrogen-bond acceptors (Lipinski definition) is 4. The molecule has 128 valence electrons. The second kappa shape index (κ2) is 7.65. The maximum Gasteiger partial charge on any atom is 0.118 e. The van der Waals surface area contributed by atoms with Gasteiger partial charge in [0.1, 0.15) is 5.75 Å². The zero-order valence-corrected chi connectivity index (χ0v) is 14.6. The van der Waals surface area contributed by atoms with Gasteiger partial charge in [0.2, 0.25) is 0 Å². The molecule has 1 aromatic rings. The van der Waals surface area contributed by atoms with Gasteiger partial charge in [0.15, 0.2) is 0 Å². The maximum absolute atomic E-state index is 6.04. The molecule has 2 heterocycles. The Kier molecular flexibility index (Phi) is 5.57. The maximum atomic E-state index is 6.04. The second-order valence-electron chi connectivity index (χ2n) is 7.01. The van der Waals surface area contributed by atoms with Crippen LogP contribution in [-0.2, 0) is 4.74 Å². The van der Waals surface area contributed by atoms with E-state index < -0.39 is 0 Å². The third kappa shape index (κ3) is 4.06. The summed E-state index contributed by atoms with van der Waals surface area (Å²) in [6.07, 6.45) is 2.97. The SMILES string of the molecule is COc1ccc([C@H](C)[C@H](C)NC[C@H]2CN3CCC[C@H]3CO2)cc1. The van der Waals surface area contributed by atoms with Crippen LogP contribution in [0.15, 0.2) is 24.3 Å². The highest BCUT2D eigenvalue weighted by atomic mass is 16.5. The van der Waals surface area contributed by atoms with Gasteiger partial charge in [-0.1, -0.05) is 19.1 Å². The Morgan fingerprint density at radius 2 is 2.09 bits per heavy atom. The fourth-order valence-corrected chi connectivity index (χ4v) is 3.70. The van der Waals surface area contributed by atoms with Crippen molar-refractivity contribution >= 4 is 0 Å². The van der Waals surface area contributed by atoms with Gasteiger partial charge >= 0.3 is 0 Å². The van der Waals surface area contributed by atoms with Gasteiger partial charge in [-0.15, -0.1) is 0 Å². The highest BCUT2D eigenvalue weighted by Crippen LogP contribution is 2.24. The number of rotatable bonds is 6. The van der Waals surface area contributed by atoms with Gasteiger partial charge in [-0.3, -0.25) is 4.90 Å². The molecule has 0 aliphatic carbocycles. The highest BCUT2D eigenvalue weighted by Gasteiger charge is 2.32. The molecule has 0 spiro atoms. The van der Waals surface area contributed by atoms with E-state index in [1.807, 2.05) is 12.1 Å². The second-order valence-corrected chi connectivity index (χ2v) is 7.01. The smallest absolute Gasteiger partial charge is 0.118 e. The van der Waals surface area contributed by atoms with Crippen molar-refractivity contribution in [2.75, 3.05) is 33.4 Å². The van der Waals surface area contributed by atoms with Crippen molar-refractivity contribution in [3.8, 4) is 5.75 Å². The van der Waals surface area contributed by atoms with Crippen LogP contribution in [0.4, 0.5) is 0 Å². The van der Waals surface area contributed by atoms with Crippen LogP contribution in [0.2, 0.25) is 0 Å². The number of fused-ring (bicyclic) bond motifs is 1. The summed E-state index contributed by atoms with van der Waals surface area (Å²) in [6, 6.07) is 9.50. The predicted molar refractivity (Wildman–Crippen MR) is 93.2 cm³/mol. The molecule has 1 aromatic carbocycles. The summed E-state index contributed by atoms with van der Waals surface area (Å²) >= 11 is 0. The van der Waals surface area contributed by atoms with Crippen LogP contribution in [0, 0.1) is 0 Å². The quantitative estimate of drug-likeness (QED) is 0.874. The molecule has 2 saturated heterocycles. The minimum atomic E-state index is 0.329. The Labute approximate surface area is 140 Å². The molecule has 2 fully saturated rings. The first kappa shape index (κ1) is 16.7. The first-order valence-corrected chi connectivity index (χ1v) is 8.90. The Morgan fingerprint density at radius 3 is 2.83 bits per heavy atom.